The van der Waals surface area contributed by atoms with Gasteiger partial charge in [0.1, 0.15) is 0 Å². The standard InChI is InChI=1S/C27H55NO/c1-8-9-10-11-12-13-14-15-16-17-18-19-20-25(6)27(29-7)26(28-24(4)5)22-21-23(2)3/h23-24,26-28H,6,8-22H2,1-5,7H3. The average Bonchev–Trinajstić information content (AvgIpc) is 2.67. The molecule has 0 saturated carbocycles. The van der Waals surface area contributed by atoms with Gasteiger partial charge in [-0.15, -0.1) is 0 Å². The molecule has 0 saturated heterocycles. The Morgan fingerprint density at radius 3 is 1.66 bits per heavy atom. The molecule has 1 N–H and O–H groups in total. The molecular weight excluding hydrogens is 354 g/mol. The summed E-state index contributed by atoms with van der Waals surface area (Å²) in [6.07, 6.45) is 20.4. The first-order valence-electron chi connectivity index (χ1n) is 12.9. The van der Waals surface area contributed by atoms with Crippen LogP contribution in [0.5, 0.6) is 0 Å². The second-order valence-corrected chi connectivity index (χ2v) is 9.85. The van der Waals surface area contributed by atoms with E-state index in [0.717, 1.165) is 18.8 Å². The summed E-state index contributed by atoms with van der Waals surface area (Å²) in [4.78, 5) is 0. The van der Waals surface area contributed by atoms with Crippen molar-refractivity contribution in [2.45, 2.75) is 149 Å². The fraction of sp³-hybridized carbons (Fsp3) is 0.926. The average molecular weight is 410 g/mol. The van der Waals surface area contributed by atoms with Gasteiger partial charge in [-0.25, -0.2) is 0 Å². The minimum atomic E-state index is 0.142. The van der Waals surface area contributed by atoms with Crippen molar-refractivity contribution in [1.29, 1.82) is 0 Å². The van der Waals surface area contributed by atoms with E-state index in [0.29, 0.717) is 12.1 Å². The molecule has 0 heterocycles. The van der Waals surface area contributed by atoms with Crippen molar-refractivity contribution < 1.29 is 4.74 Å². The summed E-state index contributed by atoms with van der Waals surface area (Å²) in [6.45, 7) is 15.7. The predicted octanol–water partition coefficient (Wildman–Crippen LogP) is 8.45. The molecule has 0 aromatic heterocycles. The van der Waals surface area contributed by atoms with Gasteiger partial charge in [0, 0.05) is 19.2 Å². The molecule has 0 aliphatic heterocycles. The van der Waals surface area contributed by atoms with Crippen molar-refractivity contribution in [2.75, 3.05) is 7.11 Å². The van der Waals surface area contributed by atoms with Crippen LogP contribution in [0.25, 0.3) is 0 Å². The Bertz CT molecular complexity index is 364. The summed E-state index contributed by atoms with van der Waals surface area (Å²) < 4.78 is 5.90. The highest BCUT2D eigenvalue weighted by atomic mass is 16.5. The highest BCUT2D eigenvalue weighted by Crippen LogP contribution is 2.21. The predicted molar refractivity (Wildman–Crippen MR) is 132 cm³/mol. The van der Waals surface area contributed by atoms with Gasteiger partial charge < -0.3 is 10.1 Å². The lowest BCUT2D eigenvalue weighted by atomic mass is 9.92. The Kier molecular flexibility index (Phi) is 19.4. The topological polar surface area (TPSA) is 21.3 Å². The first-order valence-corrected chi connectivity index (χ1v) is 12.9. The molecular formula is C27H55NO. The highest BCUT2D eigenvalue weighted by Gasteiger charge is 2.24. The summed E-state index contributed by atoms with van der Waals surface area (Å²) >= 11 is 0. The molecule has 2 heteroatoms. The van der Waals surface area contributed by atoms with E-state index in [4.69, 9.17) is 4.74 Å². The third-order valence-electron chi connectivity index (χ3n) is 5.98. The van der Waals surface area contributed by atoms with E-state index in [9.17, 15) is 0 Å². The molecule has 29 heavy (non-hydrogen) atoms. The van der Waals surface area contributed by atoms with Crippen LogP contribution in [-0.2, 0) is 4.74 Å². The van der Waals surface area contributed by atoms with Crippen LogP contribution in [0.3, 0.4) is 0 Å². The molecule has 0 radical (unpaired) electrons. The Labute approximate surface area is 184 Å². The number of unbranched alkanes of at least 4 members (excludes halogenated alkanes) is 11. The van der Waals surface area contributed by atoms with Crippen LogP contribution in [0.4, 0.5) is 0 Å². The molecule has 2 unspecified atom stereocenters. The lowest BCUT2D eigenvalue weighted by Gasteiger charge is -2.31. The summed E-state index contributed by atoms with van der Waals surface area (Å²) in [5, 5.41) is 3.73. The largest absolute Gasteiger partial charge is 0.375 e. The van der Waals surface area contributed by atoms with Gasteiger partial charge in [-0.2, -0.15) is 0 Å². The molecule has 0 aliphatic carbocycles. The van der Waals surface area contributed by atoms with E-state index in [2.05, 4.69) is 46.5 Å². The van der Waals surface area contributed by atoms with Crippen LogP contribution >= 0.6 is 0 Å². The van der Waals surface area contributed by atoms with E-state index < -0.39 is 0 Å². The van der Waals surface area contributed by atoms with Gasteiger partial charge in [0.05, 0.1) is 6.10 Å². The van der Waals surface area contributed by atoms with Gasteiger partial charge in [0.15, 0.2) is 0 Å². The van der Waals surface area contributed by atoms with Crippen molar-refractivity contribution in [1.82, 2.24) is 5.32 Å². The fourth-order valence-electron chi connectivity index (χ4n) is 4.21. The maximum atomic E-state index is 5.90. The van der Waals surface area contributed by atoms with Crippen LogP contribution in [-0.4, -0.2) is 25.3 Å². The summed E-state index contributed by atoms with van der Waals surface area (Å²) in [6, 6.07) is 0.858. The first-order chi connectivity index (χ1) is 13.9. The van der Waals surface area contributed by atoms with Gasteiger partial charge in [0.25, 0.3) is 0 Å². The smallest absolute Gasteiger partial charge is 0.0931 e. The summed E-state index contributed by atoms with van der Waals surface area (Å²) in [7, 11) is 1.85. The number of methoxy groups -OCH3 is 1. The zero-order chi connectivity index (χ0) is 21.9. The van der Waals surface area contributed by atoms with Crippen molar-refractivity contribution in [3.8, 4) is 0 Å². The quantitative estimate of drug-likeness (QED) is 0.152. The van der Waals surface area contributed by atoms with E-state index in [1.165, 1.54) is 89.0 Å². The fourth-order valence-corrected chi connectivity index (χ4v) is 4.21. The molecule has 0 aliphatic rings. The summed E-state index contributed by atoms with van der Waals surface area (Å²) in [5.74, 6) is 0.730. The maximum absolute atomic E-state index is 5.90. The van der Waals surface area contributed by atoms with Crippen molar-refractivity contribution >= 4 is 0 Å². The number of hydrogen-bond acceptors (Lipinski definition) is 2. The Balaban J connectivity index is 3.95. The molecule has 0 aromatic rings. The molecule has 0 fully saturated rings. The van der Waals surface area contributed by atoms with E-state index in [-0.39, 0.29) is 6.10 Å². The Morgan fingerprint density at radius 2 is 1.24 bits per heavy atom. The number of hydrogen-bond donors (Lipinski definition) is 1. The van der Waals surface area contributed by atoms with Crippen LogP contribution in [0.15, 0.2) is 12.2 Å². The first kappa shape index (κ1) is 28.7. The maximum Gasteiger partial charge on any atom is 0.0931 e. The normalized spacial score (nSPS) is 13.9. The lowest BCUT2D eigenvalue weighted by molar-refractivity contribution is 0.0850. The van der Waals surface area contributed by atoms with Gasteiger partial charge in [0.2, 0.25) is 0 Å². The second-order valence-electron chi connectivity index (χ2n) is 9.85. The van der Waals surface area contributed by atoms with Gasteiger partial charge >= 0.3 is 0 Å². The third-order valence-corrected chi connectivity index (χ3v) is 5.98. The molecule has 0 spiro atoms. The molecule has 0 rings (SSSR count). The van der Waals surface area contributed by atoms with Gasteiger partial charge in [-0.3, -0.25) is 0 Å². The van der Waals surface area contributed by atoms with Gasteiger partial charge in [-0.05, 0) is 37.2 Å². The summed E-state index contributed by atoms with van der Waals surface area (Å²) in [5.41, 5.74) is 1.28. The van der Waals surface area contributed by atoms with Crippen molar-refractivity contribution in [3.05, 3.63) is 12.2 Å². The molecule has 174 valence electrons. The monoisotopic (exact) mass is 409 g/mol. The minimum absolute atomic E-state index is 0.142. The minimum Gasteiger partial charge on any atom is -0.375 e. The zero-order valence-electron chi connectivity index (χ0n) is 21.0. The van der Waals surface area contributed by atoms with Crippen molar-refractivity contribution in [3.63, 3.8) is 0 Å². The lowest BCUT2D eigenvalue weighted by Crippen LogP contribution is -2.45. The van der Waals surface area contributed by atoms with Crippen LogP contribution in [0.1, 0.15) is 131 Å². The highest BCUT2D eigenvalue weighted by molar-refractivity contribution is 5.07. The third kappa shape index (κ3) is 17.1. The number of nitrogens with one attached hydrogen (secondary N) is 1. The van der Waals surface area contributed by atoms with Crippen LogP contribution < -0.4 is 5.32 Å². The molecule has 0 bridgehead atoms. The zero-order valence-corrected chi connectivity index (χ0v) is 21.0. The molecule has 2 nitrogen and oxygen atoms in total. The number of rotatable bonds is 21. The van der Waals surface area contributed by atoms with Gasteiger partial charge in [-0.1, -0.05) is 112 Å². The molecule has 2 atom stereocenters. The van der Waals surface area contributed by atoms with E-state index >= 15 is 0 Å². The van der Waals surface area contributed by atoms with Crippen LogP contribution in [0, 0.1) is 5.92 Å². The Hall–Kier alpha value is -0.340. The Morgan fingerprint density at radius 1 is 0.759 bits per heavy atom. The second kappa shape index (κ2) is 19.6. The SMILES string of the molecule is C=C(CCCCCCCCCCCCCC)C(OC)C(CCC(C)C)NC(C)C. The number of ether oxygens (including phenoxy) is 1. The van der Waals surface area contributed by atoms with Crippen LogP contribution in [0.2, 0.25) is 0 Å². The molecule has 0 amide bonds. The molecule has 0 aromatic carbocycles. The van der Waals surface area contributed by atoms with Crippen molar-refractivity contribution in [2.24, 2.45) is 5.92 Å². The van der Waals surface area contributed by atoms with E-state index in [1.54, 1.807) is 0 Å². The van der Waals surface area contributed by atoms with E-state index in [1.807, 2.05) is 7.11 Å².